The number of esters is 1. The van der Waals surface area contributed by atoms with Gasteiger partial charge in [-0.15, -0.1) is 0 Å². The second kappa shape index (κ2) is 5.11. The minimum absolute atomic E-state index is 0.201. The number of nitrogens with zero attached hydrogens (tertiary/aromatic N) is 1. The van der Waals surface area contributed by atoms with E-state index in [0.717, 1.165) is 6.07 Å². The van der Waals surface area contributed by atoms with Gasteiger partial charge in [0.1, 0.15) is 5.82 Å². The highest BCUT2D eigenvalue weighted by atomic mass is 19.1. The van der Waals surface area contributed by atoms with E-state index in [1.54, 1.807) is 13.0 Å². The minimum atomic E-state index is -1.05. The van der Waals surface area contributed by atoms with Crippen LogP contribution in [-0.2, 0) is 9.53 Å². The average molecular weight is 207 g/mol. The van der Waals surface area contributed by atoms with Gasteiger partial charge < -0.3 is 4.74 Å². The van der Waals surface area contributed by atoms with E-state index in [-0.39, 0.29) is 6.61 Å². The Balaban J connectivity index is 2.93. The normalized spacial score (nSPS) is 11.5. The molecule has 3 nitrogen and oxygen atoms in total. The molecule has 0 N–H and O–H groups in total. The average Bonchev–Trinajstić information content (AvgIpc) is 2.19. The van der Waals surface area contributed by atoms with Crippen molar-refractivity contribution in [1.29, 1.82) is 5.26 Å². The van der Waals surface area contributed by atoms with Crippen LogP contribution >= 0.6 is 0 Å². The van der Waals surface area contributed by atoms with Crippen LogP contribution in [0.3, 0.4) is 0 Å². The molecule has 0 heterocycles. The molecule has 0 amide bonds. The standard InChI is InChI=1S/C11H10FNO2/c1-2-15-11(14)10(7-13)8-4-3-5-9(12)6-8/h3-6,10H,2H2,1H3/t10-/m1/s1. The van der Waals surface area contributed by atoms with Crippen molar-refractivity contribution < 1.29 is 13.9 Å². The molecule has 0 saturated heterocycles. The predicted octanol–water partition coefficient (Wildman–Crippen LogP) is 2.00. The van der Waals surface area contributed by atoms with E-state index in [4.69, 9.17) is 10.00 Å². The van der Waals surface area contributed by atoms with E-state index >= 15 is 0 Å². The SMILES string of the molecule is CCOC(=O)[C@H](C#N)c1cccc(F)c1. The van der Waals surface area contributed by atoms with Gasteiger partial charge in [0.15, 0.2) is 5.92 Å². The zero-order valence-corrected chi connectivity index (χ0v) is 8.24. The number of carbonyl (C=O) groups is 1. The monoisotopic (exact) mass is 207 g/mol. The lowest BCUT2D eigenvalue weighted by atomic mass is 10.0. The van der Waals surface area contributed by atoms with E-state index in [9.17, 15) is 9.18 Å². The Bertz CT molecular complexity index is 398. The van der Waals surface area contributed by atoms with Gasteiger partial charge in [-0.3, -0.25) is 4.79 Å². The van der Waals surface area contributed by atoms with Gasteiger partial charge in [0.05, 0.1) is 12.7 Å². The van der Waals surface area contributed by atoms with Gasteiger partial charge >= 0.3 is 5.97 Å². The van der Waals surface area contributed by atoms with Crippen LogP contribution in [0.5, 0.6) is 0 Å². The van der Waals surface area contributed by atoms with Crippen LogP contribution in [0.2, 0.25) is 0 Å². The molecular formula is C11H10FNO2. The van der Waals surface area contributed by atoms with Gasteiger partial charge in [0.25, 0.3) is 0 Å². The molecule has 1 aromatic carbocycles. The van der Waals surface area contributed by atoms with Crippen LogP contribution in [0.1, 0.15) is 18.4 Å². The molecule has 15 heavy (non-hydrogen) atoms. The fourth-order valence-electron chi connectivity index (χ4n) is 1.18. The Hall–Kier alpha value is -1.89. The number of benzene rings is 1. The first-order chi connectivity index (χ1) is 7.19. The molecule has 0 fully saturated rings. The fourth-order valence-corrected chi connectivity index (χ4v) is 1.18. The number of nitriles is 1. The van der Waals surface area contributed by atoms with Crippen molar-refractivity contribution in [2.75, 3.05) is 6.61 Å². The van der Waals surface area contributed by atoms with Crippen LogP contribution in [0.4, 0.5) is 4.39 Å². The molecule has 1 aromatic rings. The molecule has 0 spiro atoms. The van der Waals surface area contributed by atoms with Crippen molar-refractivity contribution in [3.8, 4) is 6.07 Å². The summed E-state index contributed by atoms with van der Waals surface area (Å²) in [5.41, 5.74) is 0.316. The summed E-state index contributed by atoms with van der Waals surface area (Å²) in [5.74, 6) is -2.18. The van der Waals surface area contributed by atoms with Gasteiger partial charge in [-0.05, 0) is 24.6 Å². The second-order valence-electron chi connectivity index (χ2n) is 2.87. The van der Waals surface area contributed by atoms with E-state index in [0.29, 0.717) is 5.56 Å². The van der Waals surface area contributed by atoms with Crippen molar-refractivity contribution >= 4 is 5.97 Å². The molecule has 0 aliphatic carbocycles. The van der Waals surface area contributed by atoms with E-state index < -0.39 is 17.7 Å². The minimum Gasteiger partial charge on any atom is -0.465 e. The summed E-state index contributed by atoms with van der Waals surface area (Å²) >= 11 is 0. The Morgan fingerprint density at radius 3 is 2.93 bits per heavy atom. The highest BCUT2D eigenvalue weighted by molar-refractivity contribution is 5.81. The largest absolute Gasteiger partial charge is 0.465 e. The van der Waals surface area contributed by atoms with Crippen molar-refractivity contribution in [2.24, 2.45) is 0 Å². The highest BCUT2D eigenvalue weighted by Crippen LogP contribution is 2.17. The molecular weight excluding hydrogens is 197 g/mol. The highest BCUT2D eigenvalue weighted by Gasteiger charge is 2.21. The summed E-state index contributed by atoms with van der Waals surface area (Å²) in [6.45, 7) is 1.85. The molecule has 0 saturated carbocycles. The summed E-state index contributed by atoms with van der Waals surface area (Å²) in [6.07, 6.45) is 0. The third-order valence-electron chi connectivity index (χ3n) is 1.83. The summed E-state index contributed by atoms with van der Waals surface area (Å²) in [5, 5.41) is 8.79. The lowest BCUT2D eigenvalue weighted by Gasteiger charge is -2.08. The zero-order chi connectivity index (χ0) is 11.3. The van der Waals surface area contributed by atoms with Gasteiger partial charge in [0, 0.05) is 0 Å². The van der Waals surface area contributed by atoms with Crippen molar-refractivity contribution in [2.45, 2.75) is 12.8 Å². The molecule has 1 atom stereocenters. The Morgan fingerprint density at radius 2 is 2.40 bits per heavy atom. The molecule has 0 radical (unpaired) electrons. The maximum Gasteiger partial charge on any atom is 0.327 e. The Morgan fingerprint density at radius 1 is 1.67 bits per heavy atom. The summed E-state index contributed by atoms with van der Waals surface area (Å²) in [7, 11) is 0. The lowest BCUT2D eigenvalue weighted by molar-refractivity contribution is -0.143. The van der Waals surface area contributed by atoms with E-state index in [1.807, 2.05) is 0 Å². The molecule has 0 unspecified atom stereocenters. The molecule has 0 aliphatic heterocycles. The van der Waals surface area contributed by atoms with Crippen LogP contribution in [0, 0.1) is 17.1 Å². The van der Waals surface area contributed by atoms with Gasteiger partial charge in [-0.1, -0.05) is 12.1 Å². The maximum atomic E-state index is 12.9. The van der Waals surface area contributed by atoms with E-state index in [1.165, 1.54) is 18.2 Å². The van der Waals surface area contributed by atoms with Crippen molar-refractivity contribution in [3.05, 3.63) is 35.6 Å². The second-order valence-corrected chi connectivity index (χ2v) is 2.87. The van der Waals surface area contributed by atoms with Gasteiger partial charge in [0.2, 0.25) is 0 Å². The zero-order valence-electron chi connectivity index (χ0n) is 8.24. The Labute approximate surface area is 87.1 Å². The number of carbonyl (C=O) groups excluding carboxylic acids is 1. The predicted molar refractivity (Wildman–Crippen MR) is 51.4 cm³/mol. The van der Waals surface area contributed by atoms with Crippen LogP contribution in [0.25, 0.3) is 0 Å². The quantitative estimate of drug-likeness (QED) is 0.712. The van der Waals surface area contributed by atoms with Crippen LogP contribution < -0.4 is 0 Å². The van der Waals surface area contributed by atoms with E-state index in [2.05, 4.69) is 0 Å². The summed E-state index contributed by atoms with van der Waals surface area (Å²) < 4.78 is 17.6. The van der Waals surface area contributed by atoms with Crippen LogP contribution in [-0.4, -0.2) is 12.6 Å². The summed E-state index contributed by atoms with van der Waals surface area (Å²) in [4.78, 5) is 11.3. The molecule has 4 heteroatoms. The molecule has 78 valence electrons. The molecule has 0 bridgehead atoms. The fraction of sp³-hybridized carbons (Fsp3) is 0.273. The number of hydrogen-bond acceptors (Lipinski definition) is 3. The van der Waals surface area contributed by atoms with Crippen molar-refractivity contribution in [1.82, 2.24) is 0 Å². The first-order valence-corrected chi connectivity index (χ1v) is 4.50. The third-order valence-corrected chi connectivity index (χ3v) is 1.83. The van der Waals surface area contributed by atoms with Crippen molar-refractivity contribution in [3.63, 3.8) is 0 Å². The third kappa shape index (κ3) is 2.78. The van der Waals surface area contributed by atoms with Gasteiger partial charge in [-0.25, -0.2) is 4.39 Å². The maximum absolute atomic E-state index is 12.9. The molecule has 0 aromatic heterocycles. The lowest BCUT2D eigenvalue weighted by Crippen LogP contribution is -2.14. The smallest absolute Gasteiger partial charge is 0.327 e. The number of ether oxygens (including phenoxy) is 1. The number of halogens is 1. The number of rotatable bonds is 3. The topological polar surface area (TPSA) is 50.1 Å². The van der Waals surface area contributed by atoms with Crippen LogP contribution in [0.15, 0.2) is 24.3 Å². The summed E-state index contributed by atoms with van der Waals surface area (Å²) in [6, 6.07) is 7.17. The molecule has 1 rings (SSSR count). The van der Waals surface area contributed by atoms with Gasteiger partial charge in [-0.2, -0.15) is 5.26 Å². The number of hydrogen-bond donors (Lipinski definition) is 0. The first kappa shape index (κ1) is 11.2. The first-order valence-electron chi connectivity index (χ1n) is 4.50. The Kier molecular flexibility index (Phi) is 3.81. The molecule has 0 aliphatic rings.